The van der Waals surface area contributed by atoms with Gasteiger partial charge in [-0.15, -0.1) is 0 Å². The van der Waals surface area contributed by atoms with Gasteiger partial charge in [-0.1, -0.05) is 48.5 Å². The Labute approximate surface area is 194 Å². The van der Waals surface area contributed by atoms with Gasteiger partial charge in [-0.05, 0) is 36.2 Å². The average Bonchev–Trinajstić information content (AvgIpc) is 2.82. The highest BCUT2D eigenvalue weighted by atomic mass is 16.6. The standard InChI is InChI=1S/C24H22N4O6/c1-15-7-12-19(20(13-15)28(32)33)27-22(29)21(17-5-3-2-4-6-17)34-23(30)18-10-8-16(9-11-18)14-26-24(25)31/h2-13,21H,14H2,1H3,(H,27,29)(H3,25,26,31). The number of rotatable bonds is 8. The van der Waals surface area contributed by atoms with Crippen molar-refractivity contribution in [1.82, 2.24) is 5.32 Å². The molecule has 1 unspecified atom stereocenters. The Kier molecular flexibility index (Phi) is 7.55. The fourth-order valence-electron chi connectivity index (χ4n) is 3.12. The van der Waals surface area contributed by atoms with Crippen molar-refractivity contribution in [3.05, 3.63) is 105 Å². The van der Waals surface area contributed by atoms with Crippen LogP contribution in [0.3, 0.4) is 0 Å². The maximum Gasteiger partial charge on any atom is 0.339 e. The van der Waals surface area contributed by atoms with Crippen LogP contribution >= 0.6 is 0 Å². The molecule has 174 valence electrons. The first-order valence-electron chi connectivity index (χ1n) is 10.2. The second kappa shape index (κ2) is 10.7. The van der Waals surface area contributed by atoms with E-state index in [-0.39, 0.29) is 23.5 Å². The van der Waals surface area contributed by atoms with Gasteiger partial charge in [0.1, 0.15) is 5.69 Å². The number of nitrogens with one attached hydrogen (secondary N) is 2. The van der Waals surface area contributed by atoms with Crippen molar-refractivity contribution in [2.75, 3.05) is 5.32 Å². The molecular formula is C24H22N4O6. The minimum absolute atomic E-state index is 0.0103. The molecule has 1 atom stereocenters. The van der Waals surface area contributed by atoms with Crippen molar-refractivity contribution in [3.8, 4) is 0 Å². The van der Waals surface area contributed by atoms with Gasteiger partial charge < -0.3 is 21.1 Å². The summed E-state index contributed by atoms with van der Waals surface area (Å²) in [6.45, 7) is 1.89. The number of amides is 3. The lowest BCUT2D eigenvalue weighted by molar-refractivity contribution is -0.384. The summed E-state index contributed by atoms with van der Waals surface area (Å²) in [5.74, 6) is -1.51. The molecule has 0 aliphatic carbocycles. The predicted molar refractivity (Wildman–Crippen MR) is 124 cm³/mol. The third-order valence-corrected chi connectivity index (χ3v) is 4.83. The molecule has 4 N–H and O–H groups in total. The molecule has 0 saturated carbocycles. The molecule has 0 fully saturated rings. The number of primary amides is 1. The van der Waals surface area contributed by atoms with Crippen molar-refractivity contribution in [2.24, 2.45) is 5.73 Å². The number of nitrogens with two attached hydrogens (primary N) is 1. The average molecular weight is 462 g/mol. The number of nitrogens with zero attached hydrogens (tertiary/aromatic N) is 1. The van der Waals surface area contributed by atoms with E-state index in [1.807, 2.05) is 0 Å². The van der Waals surface area contributed by atoms with Gasteiger partial charge in [0.2, 0.25) is 6.10 Å². The van der Waals surface area contributed by atoms with Gasteiger partial charge in [-0.2, -0.15) is 0 Å². The maximum absolute atomic E-state index is 13.1. The second-order valence-electron chi connectivity index (χ2n) is 7.38. The Morgan fingerprint density at radius 1 is 1.03 bits per heavy atom. The number of ether oxygens (including phenoxy) is 1. The van der Waals surface area contributed by atoms with Gasteiger partial charge >= 0.3 is 12.0 Å². The van der Waals surface area contributed by atoms with Crippen molar-refractivity contribution >= 4 is 29.3 Å². The van der Waals surface area contributed by atoms with Crippen LogP contribution in [-0.2, 0) is 16.1 Å². The summed E-state index contributed by atoms with van der Waals surface area (Å²) in [5.41, 5.74) is 6.70. The minimum atomic E-state index is -1.36. The Bertz CT molecular complexity index is 1210. The van der Waals surface area contributed by atoms with E-state index < -0.39 is 28.9 Å². The number of hydrogen-bond donors (Lipinski definition) is 3. The van der Waals surface area contributed by atoms with Crippen LogP contribution in [0.5, 0.6) is 0 Å². The summed E-state index contributed by atoms with van der Waals surface area (Å²) >= 11 is 0. The van der Waals surface area contributed by atoms with E-state index in [1.165, 1.54) is 24.3 Å². The van der Waals surface area contributed by atoms with Crippen LogP contribution in [0.1, 0.15) is 33.2 Å². The van der Waals surface area contributed by atoms with E-state index in [9.17, 15) is 24.5 Å². The van der Waals surface area contributed by atoms with Gasteiger partial charge in [0, 0.05) is 18.2 Å². The lowest BCUT2D eigenvalue weighted by Gasteiger charge is -2.18. The first kappa shape index (κ1) is 23.9. The maximum atomic E-state index is 13.1. The Morgan fingerprint density at radius 2 is 1.71 bits per heavy atom. The largest absolute Gasteiger partial charge is 0.444 e. The number of esters is 1. The molecule has 3 amide bonds. The van der Waals surface area contributed by atoms with Crippen molar-refractivity contribution in [2.45, 2.75) is 19.6 Å². The number of anilines is 1. The number of nitro groups is 1. The lowest BCUT2D eigenvalue weighted by atomic mass is 10.1. The van der Waals surface area contributed by atoms with E-state index >= 15 is 0 Å². The summed E-state index contributed by atoms with van der Waals surface area (Å²) in [5, 5.41) is 16.3. The number of nitro benzene ring substituents is 1. The summed E-state index contributed by atoms with van der Waals surface area (Å²) in [7, 11) is 0. The molecule has 0 spiro atoms. The zero-order chi connectivity index (χ0) is 24.7. The topological polar surface area (TPSA) is 154 Å². The van der Waals surface area contributed by atoms with E-state index in [4.69, 9.17) is 10.5 Å². The molecule has 10 nitrogen and oxygen atoms in total. The molecule has 0 radical (unpaired) electrons. The number of aryl methyl sites for hydroxylation is 1. The van der Waals surface area contributed by atoms with E-state index in [0.717, 1.165) is 0 Å². The smallest absolute Gasteiger partial charge is 0.339 e. The van der Waals surface area contributed by atoms with Crippen LogP contribution in [0.4, 0.5) is 16.2 Å². The number of benzene rings is 3. The third-order valence-electron chi connectivity index (χ3n) is 4.83. The molecule has 10 heteroatoms. The summed E-state index contributed by atoms with van der Waals surface area (Å²) in [6.07, 6.45) is -1.36. The number of carbonyl (C=O) groups is 3. The molecule has 0 aliphatic rings. The molecule has 0 aromatic heterocycles. The van der Waals surface area contributed by atoms with Crippen LogP contribution in [-0.4, -0.2) is 22.8 Å². The molecular weight excluding hydrogens is 440 g/mol. The predicted octanol–water partition coefficient (Wildman–Crippen LogP) is 3.61. The first-order valence-corrected chi connectivity index (χ1v) is 10.2. The number of hydrogen-bond acceptors (Lipinski definition) is 6. The zero-order valence-corrected chi connectivity index (χ0v) is 18.2. The SMILES string of the molecule is Cc1ccc(NC(=O)C(OC(=O)c2ccc(CNC(N)=O)cc2)c2ccccc2)c([N+](=O)[O-])c1. The Balaban J connectivity index is 1.82. The fourth-order valence-corrected chi connectivity index (χ4v) is 3.12. The third kappa shape index (κ3) is 6.16. The normalized spacial score (nSPS) is 11.2. The van der Waals surface area contributed by atoms with E-state index in [0.29, 0.717) is 16.7 Å². The fraction of sp³-hybridized carbons (Fsp3) is 0.125. The van der Waals surface area contributed by atoms with Crippen LogP contribution in [0.15, 0.2) is 72.8 Å². The molecule has 3 aromatic rings. The summed E-state index contributed by atoms with van der Waals surface area (Å²) in [6, 6.07) is 18.2. The van der Waals surface area contributed by atoms with Gasteiger partial charge in [0.15, 0.2) is 0 Å². The van der Waals surface area contributed by atoms with Gasteiger partial charge in [0.05, 0.1) is 10.5 Å². The van der Waals surface area contributed by atoms with Gasteiger partial charge in [-0.3, -0.25) is 14.9 Å². The highest BCUT2D eigenvalue weighted by molar-refractivity contribution is 5.99. The van der Waals surface area contributed by atoms with Crippen molar-refractivity contribution < 1.29 is 24.0 Å². The number of urea groups is 1. The highest BCUT2D eigenvalue weighted by Gasteiger charge is 2.28. The minimum Gasteiger partial charge on any atom is -0.444 e. The van der Waals surface area contributed by atoms with Crippen molar-refractivity contribution in [1.29, 1.82) is 0 Å². The highest BCUT2D eigenvalue weighted by Crippen LogP contribution is 2.28. The van der Waals surface area contributed by atoms with Gasteiger partial charge in [0.25, 0.3) is 11.6 Å². The lowest BCUT2D eigenvalue weighted by Crippen LogP contribution is -2.28. The van der Waals surface area contributed by atoms with Crippen LogP contribution in [0.2, 0.25) is 0 Å². The number of carbonyl (C=O) groups excluding carboxylic acids is 3. The Morgan fingerprint density at radius 3 is 2.32 bits per heavy atom. The van der Waals surface area contributed by atoms with E-state index in [2.05, 4.69) is 10.6 Å². The van der Waals surface area contributed by atoms with Crippen molar-refractivity contribution in [3.63, 3.8) is 0 Å². The van der Waals surface area contributed by atoms with Crippen LogP contribution in [0.25, 0.3) is 0 Å². The molecule has 0 bridgehead atoms. The van der Waals surface area contributed by atoms with E-state index in [1.54, 1.807) is 55.5 Å². The summed E-state index contributed by atoms with van der Waals surface area (Å²) < 4.78 is 5.51. The zero-order valence-electron chi connectivity index (χ0n) is 18.2. The molecule has 34 heavy (non-hydrogen) atoms. The van der Waals surface area contributed by atoms with Gasteiger partial charge in [-0.25, -0.2) is 9.59 Å². The van der Waals surface area contributed by atoms with Crippen LogP contribution < -0.4 is 16.4 Å². The molecule has 3 aromatic carbocycles. The Hall–Kier alpha value is -4.73. The quantitative estimate of drug-likeness (QED) is 0.264. The molecule has 0 aliphatic heterocycles. The first-order chi connectivity index (χ1) is 16.2. The summed E-state index contributed by atoms with van der Waals surface area (Å²) in [4.78, 5) is 47.5. The monoisotopic (exact) mass is 462 g/mol. The molecule has 3 rings (SSSR count). The van der Waals surface area contributed by atoms with Crippen LogP contribution in [0, 0.1) is 17.0 Å². The molecule has 0 heterocycles. The second-order valence-corrected chi connectivity index (χ2v) is 7.38. The molecule has 0 saturated heterocycles.